The van der Waals surface area contributed by atoms with Gasteiger partial charge < -0.3 is 0 Å². The number of pyridine rings is 1. The summed E-state index contributed by atoms with van der Waals surface area (Å²) < 4.78 is 2.30. The molecule has 0 aliphatic carbocycles. The van der Waals surface area contributed by atoms with Gasteiger partial charge in [0.05, 0.1) is 0 Å². The van der Waals surface area contributed by atoms with Gasteiger partial charge in [0, 0.05) is 18.3 Å². The molecule has 0 saturated carbocycles. The molecule has 0 unspecified atom stereocenters. The molecule has 2 nitrogen and oxygen atoms in total. The molecule has 1 heterocycles. The van der Waals surface area contributed by atoms with E-state index in [2.05, 4.69) is 11.8 Å². The summed E-state index contributed by atoms with van der Waals surface area (Å²) in [5.74, 6) is 0. The summed E-state index contributed by atoms with van der Waals surface area (Å²) in [7, 11) is 0. The lowest BCUT2D eigenvalue weighted by molar-refractivity contribution is 0.872. The Labute approximate surface area is 81.1 Å². The molecule has 0 saturated heterocycles. The minimum absolute atomic E-state index is 0.702. The Kier molecular flexibility index (Phi) is 1.94. The van der Waals surface area contributed by atoms with Crippen molar-refractivity contribution in [3.63, 3.8) is 0 Å². The Morgan fingerprint density at radius 1 is 1.23 bits per heavy atom. The van der Waals surface area contributed by atoms with Crippen molar-refractivity contribution in [3.05, 3.63) is 41.2 Å². The Hall–Kier alpha value is -1.48. The van der Waals surface area contributed by atoms with Gasteiger partial charge in [0.15, 0.2) is 0 Å². The highest BCUT2D eigenvalue weighted by molar-refractivity contribution is 7.71. The van der Waals surface area contributed by atoms with Crippen LogP contribution in [0, 0.1) is 4.64 Å². The number of hydrogen-bond acceptors (Lipinski definition) is 2. The summed E-state index contributed by atoms with van der Waals surface area (Å²) in [6.07, 6.45) is 1.82. The summed E-state index contributed by atoms with van der Waals surface area (Å²) >= 11 is 5.22. The van der Waals surface area contributed by atoms with E-state index in [0.29, 0.717) is 4.64 Å². The van der Waals surface area contributed by atoms with E-state index < -0.39 is 0 Å². The number of benzene rings is 1. The van der Waals surface area contributed by atoms with Crippen LogP contribution in [0.2, 0.25) is 0 Å². The molecule has 0 radical (unpaired) electrons. The number of fused-ring (bicyclic) bond motifs is 1. The number of nitrogens with zero attached hydrogens (tertiary/aromatic N) is 2. The monoisotopic (exact) mass is 188 g/mol. The highest BCUT2D eigenvalue weighted by Crippen LogP contribution is 2.14. The fraction of sp³-hybridized carbons (Fsp3) is 0. The Balaban J connectivity index is 2.95. The van der Waals surface area contributed by atoms with Crippen molar-refractivity contribution in [1.82, 2.24) is 4.68 Å². The van der Waals surface area contributed by atoms with Crippen molar-refractivity contribution < 1.29 is 0 Å². The molecule has 64 valence electrons. The van der Waals surface area contributed by atoms with Crippen LogP contribution in [0.15, 0.2) is 41.6 Å². The van der Waals surface area contributed by atoms with Crippen molar-refractivity contribution in [3.8, 4) is 0 Å². The highest BCUT2D eigenvalue weighted by Gasteiger charge is 1.95. The quantitative estimate of drug-likeness (QED) is 0.497. The molecule has 0 atom stereocenters. The van der Waals surface area contributed by atoms with Gasteiger partial charge >= 0.3 is 0 Å². The molecule has 13 heavy (non-hydrogen) atoms. The third kappa shape index (κ3) is 1.27. The first-order chi connectivity index (χ1) is 6.33. The van der Waals surface area contributed by atoms with Gasteiger partial charge in [0.1, 0.15) is 4.64 Å². The largest absolute Gasteiger partial charge is 0.230 e. The summed E-state index contributed by atoms with van der Waals surface area (Å²) in [4.78, 5) is 0. The molecule has 2 aromatic rings. The molecule has 0 spiro atoms. The standard InChI is InChI=1S/C10H8N2S/c1-11-12-7-6-8-4-2-3-5-9(8)10(12)13/h2-7H,1H2. The summed E-state index contributed by atoms with van der Waals surface area (Å²) in [6, 6.07) is 9.94. The molecular formula is C10H8N2S. The maximum atomic E-state index is 5.22. The average Bonchev–Trinajstić information content (AvgIpc) is 2.19. The maximum Gasteiger partial charge on any atom is 0.135 e. The van der Waals surface area contributed by atoms with Crippen LogP contribution in [-0.4, -0.2) is 11.4 Å². The predicted molar refractivity (Wildman–Crippen MR) is 57.7 cm³/mol. The van der Waals surface area contributed by atoms with Gasteiger partial charge in [-0.05, 0) is 11.5 Å². The third-order valence-electron chi connectivity index (χ3n) is 1.95. The molecule has 0 aliphatic rings. The van der Waals surface area contributed by atoms with E-state index in [-0.39, 0.29) is 0 Å². The summed E-state index contributed by atoms with van der Waals surface area (Å²) in [6.45, 7) is 3.44. The lowest BCUT2D eigenvalue weighted by Gasteiger charge is -2.01. The summed E-state index contributed by atoms with van der Waals surface area (Å²) in [5, 5.41) is 5.95. The Morgan fingerprint density at radius 2 is 2.00 bits per heavy atom. The van der Waals surface area contributed by atoms with E-state index in [4.69, 9.17) is 12.2 Å². The van der Waals surface area contributed by atoms with Crippen LogP contribution in [-0.2, 0) is 0 Å². The van der Waals surface area contributed by atoms with Gasteiger partial charge in [0.2, 0.25) is 0 Å². The van der Waals surface area contributed by atoms with Gasteiger partial charge in [-0.25, -0.2) is 4.68 Å². The zero-order valence-electron chi connectivity index (χ0n) is 6.97. The zero-order valence-corrected chi connectivity index (χ0v) is 7.79. The second kappa shape index (κ2) is 3.11. The van der Waals surface area contributed by atoms with E-state index in [0.717, 1.165) is 10.8 Å². The third-order valence-corrected chi connectivity index (χ3v) is 2.35. The molecule has 1 aromatic carbocycles. The fourth-order valence-corrected chi connectivity index (χ4v) is 1.59. The molecule has 0 amide bonds. The SMILES string of the molecule is C=Nn1ccc2ccccc2c1=S. The topological polar surface area (TPSA) is 17.3 Å². The minimum Gasteiger partial charge on any atom is -0.230 e. The summed E-state index contributed by atoms with van der Waals surface area (Å²) in [5.41, 5.74) is 0. The average molecular weight is 188 g/mol. The normalized spacial score (nSPS) is 10.2. The van der Waals surface area contributed by atoms with Crippen LogP contribution in [0.1, 0.15) is 0 Å². The number of aromatic nitrogens is 1. The van der Waals surface area contributed by atoms with Crippen molar-refractivity contribution in [2.75, 3.05) is 0 Å². The Bertz CT molecular complexity index is 514. The van der Waals surface area contributed by atoms with Crippen molar-refractivity contribution in [2.45, 2.75) is 0 Å². The van der Waals surface area contributed by atoms with Gasteiger partial charge in [-0.3, -0.25) is 0 Å². The first kappa shape index (κ1) is 8.13. The van der Waals surface area contributed by atoms with E-state index in [9.17, 15) is 0 Å². The molecular weight excluding hydrogens is 180 g/mol. The molecule has 0 fully saturated rings. The number of rotatable bonds is 1. The van der Waals surface area contributed by atoms with E-state index >= 15 is 0 Å². The van der Waals surface area contributed by atoms with Crippen molar-refractivity contribution >= 4 is 29.7 Å². The van der Waals surface area contributed by atoms with Crippen LogP contribution in [0.25, 0.3) is 10.8 Å². The first-order valence-corrected chi connectivity index (χ1v) is 4.31. The fourth-order valence-electron chi connectivity index (χ4n) is 1.29. The van der Waals surface area contributed by atoms with Crippen LogP contribution in [0.5, 0.6) is 0 Å². The molecule has 1 aromatic heterocycles. The second-order valence-corrected chi connectivity index (χ2v) is 3.08. The molecule has 3 heteroatoms. The molecule has 0 aliphatic heterocycles. The lowest BCUT2D eigenvalue weighted by Crippen LogP contribution is -1.90. The van der Waals surface area contributed by atoms with Crippen molar-refractivity contribution in [2.24, 2.45) is 5.10 Å². The zero-order chi connectivity index (χ0) is 9.26. The van der Waals surface area contributed by atoms with Gasteiger partial charge in [-0.1, -0.05) is 36.5 Å². The van der Waals surface area contributed by atoms with E-state index in [1.807, 2.05) is 36.5 Å². The lowest BCUT2D eigenvalue weighted by atomic mass is 10.2. The molecule has 2 rings (SSSR count). The van der Waals surface area contributed by atoms with Gasteiger partial charge in [-0.15, -0.1) is 0 Å². The molecule has 0 bridgehead atoms. The van der Waals surface area contributed by atoms with Crippen LogP contribution >= 0.6 is 12.2 Å². The first-order valence-electron chi connectivity index (χ1n) is 3.90. The van der Waals surface area contributed by atoms with Crippen LogP contribution in [0.4, 0.5) is 0 Å². The van der Waals surface area contributed by atoms with Crippen LogP contribution < -0.4 is 0 Å². The predicted octanol–water partition coefficient (Wildman–Crippen LogP) is 2.83. The minimum atomic E-state index is 0.702. The number of hydrogen-bond donors (Lipinski definition) is 0. The second-order valence-electron chi connectivity index (χ2n) is 2.69. The van der Waals surface area contributed by atoms with Gasteiger partial charge in [-0.2, -0.15) is 5.10 Å². The van der Waals surface area contributed by atoms with E-state index in [1.54, 1.807) is 4.68 Å². The Morgan fingerprint density at radius 3 is 2.77 bits per heavy atom. The van der Waals surface area contributed by atoms with Crippen LogP contribution in [0.3, 0.4) is 0 Å². The maximum absolute atomic E-state index is 5.22. The van der Waals surface area contributed by atoms with E-state index in [1.165, 1.54) is 0 Å². The molecule has 0 N–H and O–H groups in total. The highest BCUT2D eigenvalue weighted by atomic mass is 32.1. The smallest absolute Gasteiger partial charge is 0.135 e. The van der Waals surface area contributed by atoms with Crippen molar-refractivity contribution in [1.29, 1.82) is 0 Å². The van der Waals surface area contributed by atoms with Gasteiger partial charge in [0.25, 0.3) is 0 Å².